The molecule has 0 aliphatic rings. The minimum Gasteiger partial charge on any atom is -0.340 e. The number of nitrogens with zero attached hydrogens (tertiary/aromatic N) is 3. The van der Waals surface area contributed by atoms with Crippen molar-refractivity contribution in [1.82, 2.24) is 9.99 Å². The molecule has 0 saturated carbocycles. The number of nitrogens with one attached hydrogen (secondary N) is 1. The zero-order valence-electron chi connectivity index (χ0n) is 16.9. The summed E-state index contributed by atoms with van der Waals surface area (Å²) in [5.74, 6) is 0. The third-order valence-corrected chi connectivity index (χ3v) is 6.06. The number of para-hydroxylation sites is 1. The lowest BCUT2D eigenvalue weighted by molar-refractivity contribution is 0.748. The van der Waals surface area contributed by atoms with Crippen LogP contribution in [0.3, 0.4) is 0 Å². The molecule has 4 aromatic rings. The molecule has 1 heterocycles. The van der Waals surface area contributed by atoms with Crippen LogP contribution in [-0.4, -0.2) is 10.8 Å². The molecule has 0 spiro atoms. The molecule has 1 aromatic heterocycles. The van der Waals surface area contributed by atoms with Gasteiger partial charge in [-0.3, -0.25) is 0 Å². The Morgan fingerprint density at radius 1 is 1.00 bits per heavy atom. The minimum atomic E-state index is 0.433. The number of nitriles is 1. The predicted octanol–water partition coefficient (Wildman–Crippen LogP) is 6.30. The Kier molecular flexibility index (Phi) is 6.27. The molecule has 0 radical (unpaired) electrons. The maximum atomic E-state index is 9.45. The second-order valence-electron chi connectivity index (χ2n) is 7.16. The van der Waals surface area contributed by atoms with Gasteiger partial charge in [-0.05, 0) is 36.8 Å². The molecule has 1 N–H and O–H groups in total. The third kappa shape index (κ3) is 4.29. The summed E-state index contributed by atoms with van der Waals surface area (Å²) in [6.07, 6.45) is 1.83. The maximum absolute atomic E-state index is 9.45. The maximum Gasteiger partial charge on any atom is 0.0995 e. The summed E-state index contributed by atoms with van der Waals surface area (Å²) in [6, 6.07) is 23.6. The van der Waals surface area contributed by atoms with Crippen LogP contribution in [-0.2, 0) is 13.1 Å². The Morgan fingerprint density at radius 3 is 2.48 bits per heavy atom. The van der Waals surface area contributed by atoms with Gasteiger partial charge in [-0.15, -0.1) is 0 Å². The van der Waals surface area contributed by atoms with Crippen molar-refractivity contribution in [2.75, 3.05) is 0 Å². The van der Waals surface area contributed by atoms with Gasteiger partial charge < -0.3 is 9.99 Å². The van der Waals surface area contributed by atoms with E-state index in [2.05, 4.69) is 40.2 Å². The molecule has 0 unspecified atom stereocenters. The summed E-state index contributed by atoms with van der Waals surface area (Å²) < 4.78 is 2.22. The van der Waals surface area contributed by atoms with E-state index in [1.807, 2.05) is 60.8 Å². The van der Waals surface area contributed by atoms with Crippen molar-refractivity contribution in [2.24, 2.45) is 5.10 Å². The second-order valence-corrected chi connectivity index (χ2v) is 7.98. The first-order valence-electron chi connectivity index (χ1n) is 9.84. The van der Waals surface area contributed by atoms with E-state index in [0.717, 1.165) is 33.3 Å². The zero-order valence-corrected chi connectivity index (χ0v) is 18.5. The number of fused-ring (bicyclic) bond motifs is 1. The van der Waals surface area contributed by atoms with Gasteiger partial charge in [0.2, 0.25) is 0 Å². The summed E-state index contributed by atoms with van der Waals surface area (Å²) >= 11 is 12.5. The van der Waals surface area contributed by atoms with Crippen LogP contribution in [0.5, 0.6) is 0 Å². The minimum absolute atomic E-state index is 0.433. The molecule has 0 amide bonds. The quantitative estimate of drug-likeness (QED) is 0.279. The van der Waals surface area contributed by atoms with Crippen molar-refractivity contribution in [3.8, 4) is 6.07 Å². The van der Waals surface area contributed by atoms with E-state index in [1.54, 1.807) is 0 Å². The van der Waals surface area contributed by atoms with E-state index in [0.29, 0.717) is 28.7 Å². The van der Waals surface area contributed by atoms with Gasteiger partial charge in [0, 0.05) is 44.3 Å². The molecule has 0 bridgehead atoms. The van der Waals surface area contributed by atoms with Crippen molar-refractivity contribution in [1.29, 1.82) is 5.26 Å². The van der Waals surface area contributed by atoms with Crippen LogP contribution >= 0.6 is 23.2 Å². The van der Waals surface area contributed by atoms with Gasteiger partial charge in [0.15, 0.2) is 0 Å². The van der Waals surface area contributed by atoms with Crippen LogP contribution in [0.1, 0.15) is 27.9 Å². The normalized spacial score (nSPS) is 11.2. The largest absolute Gasteiger partial charge is 0.340 e. The summed E-state index contributed by atoms with van der Waals surface area (Å²) in [5, 5.41) is 16.2. The van der Waals surface area contributed by atoms with Crippen LogP contribution < -0.4 is 5.43 Å². The average Bonchev–Trinajstić information content (AvgIpc) is 3.04. The highest BCUT2D eigenvalue weighted by Gasteiger charge is 2.14. The van der Waals surface area contributed by atoms with Gasteiger partial charge in [-0.25, -0.2) is 0 Å². The number of hydrogen-bond acceptors (Lipinski definition) is 3. The Hall–Kier alpha value is -3.26. The van der Waals surface area contributed by atoms with Gasteiger partial charge in [0.25, 0.3) is 0 Å². The van der Waals surface area contributed by atoms with Crippen molar-refractivity contribution < 1.29 is 0 Å². The molecular weight excluding hydrogens is 427 g/mol. The summed E-state index contributed by atoms with van der Waals surface area (Å²) in [7, 11) is 0. The van der Waals surface area contributed by atoms with Gasteiger partial charge >= 0.3 is 0 Å². The number of rotatable bonds is 6. The van der Waals surface area contributed by atoms with Crippen LogP contribution in [0.4, 0.5) is 0 Å². The van der Waals surface area contributed by atoms with E-state index in [9.17, 15) is 5.26 Å². The highest BCUT2D eigenvalue weighted by Crippen LogP contribution is 2.27. The highest BCUT2D eigenvalue weighted by molar-refractivity contribution is 6.35. The first-order valence-corrected chi connectivity index (χ1v) is 10.6. The number of halogens is 2. The van der Waals surface area contributed by atoms with Crippen molar-refractivity contribution in [3.63, 3.8) is 0 Å². The second kappa shape index (κ2) is 9.26. The highest BCUT2D eigenvalue weighted by atomic mass is 35.5. The van der Waals surface area contributed by atoms with E-state index in [1.165, 1.54) is 0 Å². The summed E-state index contributed by atoms with van der Waals surface area (Å²) in [4.78, 5) is 0. The van der Waals surface area contributed by atoms with Gasteiger partial charge in [-0.1, -0.05) is 65.7 Å². The molecule has 154 valence electrons. The van der Waals surface area contributed by atoms with Crippen LogP contribution in [0.25, 0.3) is 10.9 Å². The monoisotopic (exact) mass is 446 g/mol. The van der Waals surface area contributed by atoms with Gasteiger partial charge in [0.1, 0.15) is 0 Å². The molecule has 31 heavy (non-hydrogen) atoms. The zero-order chi connectivity index (χ0) is 21.8. The Bertz CT molecular complexity index is 1290. The van der Waals surface area contributed by atoms with Gasteiger partial charge in [-0.2, -0.15) is 10.4 Å². The number of hydrogen-bond donors (Lipinski definition) is 1. The molecule has 0 fully saturated rings. The fourth-order valence-electron chi connectivity index (χ4n) is 3.70. The lowest BCUT2D eigenvalue weighted by atomic mass is 10.1. The van der Waals surface area contributed by atoms with Crippen molar-refractivity contribution in [3.05, 3.63) is 105 Å². The molecule has 4 rings (SSSR count). The summed E-state index contributed by atoms with van der Waals surface area (Å²) in [5.41, 5.74) is 8.75. The molecule has 6 heteroatoms. The summed E-state index contributed by atoms with van der Waals surface area (Å²) in [6.45, 7) is 3.12. The first-order chi connectivity index (χ1) is 15.1. The Balaban J connectivity index is 1.64. The smallest absolute Gasteiger partial charge is 0.0995 e. The molecule has 0 atom stereocenters. The Morgan fingerprint density at radius 2 is 1.71 bits per heavy atom. The Labute approximate surface area is 191 Å². The molecule has 0 aliphatic heterocycles. The molecule has 0 saturated heterocycles. The topological polar surface area (TPSA) is 53.1 Å². The third-order valence-electron chi connectivity index (χ3n) is 5.35. The van der Waals surface area contributed by atoms with E-state index >= 15 is 0 Å². The molecule has 0 aliphatic carbocycles. The SMILES string of the molecule is Cc1c(/C=N/NCc2c(Cl)cccc2Cl)c2ccccc2n1Cc1ccccc1C#N. The van der Waals surface area contributed by atoms with Crippen LogP contribution in [0, 0.1) is 18.3 Å². The number of hydrazone groups is 1. The average molecular weight is 447 g/mol. The van der Waals surface area contributed by atoms with E-state index < -0.39 is 0 Å². The molecular formula is C25H20Cl2N4. The number of benzene rings is 3. The lowest BCUT2D eigenvalue weighted by Crippen LogP contribution is -2.07. The van der Waals surface area contributed by atoms with E-state index in [-0.39, 0.29) is 0 Å². The fourth-order valence-corrected chi connectivity index (χ4v) is 4.23. The standard InChI is InChI=1S/C25H20Cl2N4/c1-17-21(14-29-30-15-22-23(26)10-6-11-24(22)27)20-9-4-5-12-25(20)31(17)16-19-8-3-2-7-18(19)13-28/h2-12,14,30H,15-16H2,1H3/b29-14+. The molecule has 4 nitrogen and oxygen atoms in total. The van der Waals surface area contributed by atoms with Gasteiger partial charge in [0.05, 0.1) is 24.4 Å². The van der Waals surface area contributed by atoms with E-state index in [4.69, 9.17) is 23.2 Å². The number of aromatic nitrogens is 1. The molecule has 3 aromatic carbocycles. The fraction of sp³-hybridized carbons (Fsp3) is 0.120. The lowest BCUT2D eigenvalue weighted by Gasteiger charge is -2.10. The van der Waals surface area contributed by atoms with Crippen molar-refractivity contribution >= 4 is 40.3 Å². The predicted molar refractivity (Wildman–Crippen MR) is 128 cm³/mol. The van der Waals surface area contributed by atoms with Crippen LogP contribution in [0.15, 0.2) is 71.8 Å². The van der Waals surface area contributed by atoms with Crippen LogP contribution in [0.2, 0.25) is 10.0 Å². The first kappa shape index (κ1) is 21.0. The van der Waals surface area contributed by atoms with Crippen molar-refractivity contribution in [2.45, 2.75) is 20.0 Å².